The molecule has 0 aromatic heterocycles. The number of urea groups is 1. The van der Waals surface area contributed by atoms with Gasteiger partial charge in [0.05, 0.1) is 13.5 Å². The van der Waals surface area contributed by atoms with Crippen LogP contribution in [0.1, 0.15) is 5.56 Å². The average molecular weight is 299 g/mol. The van der Waals surface area contributed by atoms with Gasteiger partial charge in [-0.25, -0.2) is 4.79 Å². The Balaban J connectivity index is 1.92. The number of carbonyl (C=O) groups is 2. The van der Waals surface area contributed by atoms with Crippen molar-refractivity contribution in [3.63, 3.8) is 0 Å². The zero-order valence-electron chi connectivity index (χ0n) is 12.1. The highest BCUT2D eigenvalue weighted by Crippen LogP contribution is 2.16. The Morgan fingerprint density at radius 3 is 1.91 bits per heavy atom. The lowest BCUT2D eigenvalue weighted by Gasteiger charge is -2.08. The van der Waals surface area contributed by atoms with E-state index in [2.05, 4.69) is 10.6 Å². The van der Waals surface area contributed by atoms with Crippen LogP contribution < -0.4 is 21.1 Å². The summed E-state index contributed by atoms with van der Waals surface area (Å²) in [6.45, 7) is 0. The molecule has 2 rings (SSSR count). The van der Waals surface area contributed by atoms with Crippen LogP contribution >= 0.6 is 0 Å². The molecule has 6 heteroatoms. The molecule has 4 N–H and O–H groups in total. The molecule has 2 aromatic carbocycles. The van der Waals surface area contributed by atoms with Gasteiger partial charge in [-0.15, -0.1) is 0 Å². The lowest BCUT2D eigenvalue weighted by Crippen LogP contribution is -2.19. The molecular weight excluding hydrogens is 282 g/mol. The second-order valence-electron chi connectivity index (χ2n) is 4.65. The van der Waals surface area contributed by atoms with Gasteiger partial charge in [0.2, 0.25) is 5.91 Å². The van der Waals surface area contributed by atoms with Crippen LogP contribution in [0.3, 0.4) is 0 Å². The number of amides is 3. The number of nitrogens with two attached hydrogens (primary N) is 1. The van der Waals surface area contributed by atoms with Crippen molar-refractivity contribution in [2.24, 2.45) is 5.73 Å². The minimum atomic E-state index is -0.391. The van der Waals surface area contributed by atoms with Gasteiger partial charge in [0.1, 0.15) is 5.75 Å². The fraction of sp³-hybridized carbons (Fsp3) is 0.125. The molecule has 114 valence electrons. The van der Waals surface area contributed by atoms with Gasteiger partial charge in [-0.2, -0.15) is 0 Å². The average Bonchev–Trinajstić information content (AvgIpc) is 2.49. The highest BCUT2D eigenvalue weighted by molar-refractivity contribution is 5.99. The summed E-state index contributed by atoms with van der Waals surface area (Å²) in [5, 5.41) is 5.41. The van der Waals surface area contributed by atoms with Crippen molar-refractivity contribution in [1.29, 1.82) is 0 Å². The molecule has 0 spiro atoms. The Morgan fingerprint density at radius 1 is 0.955 bits per heavy atom. The summed E-state index contributed by atoms with van der Waals surface area (Å²) in [7, 11) is 1.58. The van der Waals surface area contributed by atoms with Crippen molar-refractivity contribution < 1.29 is 14.3 Å². The first-order valence-corrected chi connectivity index (χ1v) is 6.66. The smallest absolute Gasteiger partial charge is 0.323 e. The van der Waals surface area contributed by atoms with Gasteiger partial charge in [0.25, 0.3) is 0 Å². The van der Waals surface area contributed by atoms with E-state index in [1.807, 2.05) is 0 Å². The molecule has 0 aliphatic carbocycles. The lowest BCUT2D eigenvalue weighted by molar-refractivity contribution is -0.117. The van der Waals surface area contributed by atoms with Crippen LogP contribution in [0, 0.1) is 0 Å². The predicted molar refractivity (Wildman–Crippen MR) is 85.0 cm³/mol. The summed E-state index contributed by atoms with van der Waals surface area (Å²) in [5.41, 5.74) is 7.20. The van der Waals surface area contributed by atoms with Gasteiger partial charge in [-0.3, -0.25) is 4.79 Å². The zero-order valence-corrected chi connectivity index (χ0v) is 12.1. The minimum Gasteiger partial charge on any atom is -0.497 e. The van der Waals surface area contributed by atoms with E-state index in [0.29, 0.717) is 11.4 Å². The summed E-state index contributed by atoms with van der Waals surface area (Å²) in [5.74, 6) is 0.328. The van der Waals surface area contributed by atoms with E-state index < -0.39 is 5.91 Å². The first-order valence-electron chi connectivity index (χ1n) is 6.66. The van der Waals surface area contributed by atoms with Crippen LogP contribution in [0.4, 0.5) is 16.2 Å². The number of benzene rings is 2. The maximum Gasteiger partial charge on any atom is 0.323 e. The van der Waals surface area contributed by atoms with Crippen molar-refractivity contribution in [3.05, 3.63) is 54.1 Å². The van der Waals surface area contributed by atoms with Crippen LogP contribution in [0.5, 0.6) is 5.75 Å². The number of methoxy groups -OCH3 is 1. The van der Waals surface area contributed by atoms with E-state index in [1.165, 1.54) is 0 Å². The topological polar surface area (TPSA) is 93.4 Å². The highest BCUT2D eigenvalue weighted by atomic mass is 16.5. The number of hydrogen-bond donors (Lipinski definition) is 3. The van der Waals surface area contributed by atoms with E-state index in [-0.39, 0.29) is 12.5 Å². The van der Waals surface area contributed by atoms with Crippen LogP contribution in [0.25, 0.3) is 0 Å². The van der Waals surface area contributed by atoms with Gasteiger partial charge < -0.3 is 21.1 Å². The Kier molecular flexibility index (Phi) is 4.98. The summed E-state index contributed by atoms with van der Waals surface area (Å²) in [6.07, 6.45) is 0.179. The minimum absolute atomic E-state index is 0.179. The number of anilines is 2. The molecule has 0 bridgehead atoms. The Morgan fingerprint density at radius 2 is 1.45 bits per heavy atom. The largest absolute Gasteiger partial charge is 0.497 e. The Labute approximate surface area is 128 Å². The fourth-order valence-corrected chi connectivity index (χ4v) is 1.87. The molecule has 22 heavy (non-hydrogen) atoms. The molecule has 0 saturated heterocycles. The van der Waals surface area contributed by atoms with Crippen LogP contribution in [0.2, 0.25) is 0 Å². The molecular formula is C16H17N3O3. The molecule has 0 fully saturated rings. The van der Waals surface area contributed by atoms with E-state index in [4.69, 9.17) is 10.5 Å². The number of rotatable bonds is 5. The third-order valence-electron chi connectivity index (χ3n) is 2.94. The molecule has 0 saturated carbocycles. The number of nitrogens with one attached hydrogen (secondary N) is 2. The van der Waals surface area contributed by atoms with Crippen LogP contribution in [0.15, 0.2) is 48.5 Å². The maximum atomic E-state index is 11.9. The molecule has 0 heterocycles. The third-order valence-corrected chi connectivity index (χ3v) is 2.94. The quantitative estimate of drug-likeness (QED) is 0.791. The normalized spacial score (nSPS) is 9.86. The van der Waals surface area contributed by atoms with Gasteiger partial charge >= 0.3 is 6.03 Å². The zero-order chi connectivity index (χ0) is 15.9. The van der Waals surface area contributed by atoms with Crippen molar-refractivity contribution in [3.8, 4) is 5.75 Å². The standard InChI is InChI=1S/C16H17N3O3/c1-22-14-8-6-13(7-9-14)19-16(21)18-12-4-2-11(3-5-12)10-15(17)20/h2-9H,10H2,1H3,(H2,17,20)(H2,18,19,21). The van der Waals surface area contributed by atoms with E-state index in [0.717, 1.165) is 11.3 Å². The molecule has 2 aromatic rings. The number of ether oxygens (including phenoxy) is 1. The van der Waals surface area contributed by atoms with Crippen molar-refractivity contribution in [2.45, 2.75) is 6.42 Å². The SMILES string of the molecule is COc1ccc(NC(=O)Nc2ccc(CC(N)=O)cc2)cc1. The van der Waals surface area contributed by atoms with Crippen molar-refractivity contribution >= 4 is 23.3 Å². The van der Waals surface area contributed by atoms with E-state index in [1.54, 1.807) is 55.6 Å². The number of primary amides is 1. The lowest BCUT2D eigenvalue weighted by atomic mass is 10.1. The van der Waals surface area contributed by atoms with Crippen LogP contribution in [-0.2, 0) is 11.2 Å². The number of hydrogen-bond acceptors (Lipinski definition) is 3. The molecule has 0 aliphatic rings. The molecule has 6 nitrogen and oxygen atoms in total. The summed E-state index contributed by atoms with van der Waals surface area (Å²) in [4.78, 5) is 22.7. The van der Waals surface area contributed by atoms with Gasteiger partial charge in [-0.05, 0) is 42.0 Å². The van der Waals surface area contributed by atoms with E-state index in [9.17, 15) is 9.59 Å². The monoisotopic (exact) mass is 299 g/mol. The first kappa shape index (κ1) is 15.4. The fourth-order valence-electron chi connectivity index (χ4n) is 1.87. The Bertz CT molecular complexity index is 651. The molecule has 0 aliphatic heterocycles. The van der Waals surface area contributed by atoms with E-state index >= 15 is 0 Å². The molecule has 3 amide bonds. The summed E-state index contributed by atoms with van der Waals surface area (Å²) >= 11 is 0. The second kappa shape index (κ2) is 7.12. The van der Waals surface area contributed by atoms with Crippen molar-refractivity contribution in [1.82, 2.24) is 0 Å². The first-order chi connectivity index (χ1) is 10.6. The highest BCUT2D eigenvalue weighted by Gasteiger charge is 2.04. The third kappa shape index (κ3) is 4.52. The molecule has 0 atom stereocenters. The van der Waals surface area contributed by atoms with Gasteiger partial charge in [-0.1, -0.05) is 12.1 Å². The summed E-state index contributed by atoms with van der Waals surface area (Å²) in [6, 6.07) is 13.6. The van der Waals surface area contributed by atoms with Crippen LogP contribution in [-0.4, -0.2) is 19.0 Å². The Hall–Kier alpha value is -3.02. The molecule has 0 radical (unpaired) electrons. The molecule has 0 unspecified atom stereocenters. The number of carbonyl (C=O) groups excluding carboxylic acids is 2. The second-order valence-corrected chi connectivity index (χ2v) is 4.65. The predicted octanol–water partition coefficient (Wildman–Crippen LogP) is 2.37. The van der Waals surface area contributed by atoms with Gasteiger partial charge in [0.15, 0.2) is 0 Å². The van der Waals surface area contributed by atoms with Gasteiger partial charge in [0, 0.05) is 11.4 Å². The summed E-state index contributed by atoms with van der Waals surface area (Å²) < 4.78 is 5.05. The maximum absolute atomic E-state index is 11.9. The van der Waals surface area contributed by atoms with Crippen molar-refractivity contribution in [2.75, 3.05) is 17.7 Å².